The Kier molecular flexibility index (Phi) is 7.65. The number of carbonyl (C=O) groups is 1. The molecule has 4 nitrogen and oxygen atoms in total. The zero-order chi connectivity index (χ0) is 30.2. The number of thioether (sulfide) groups is 1. The average Bonchev–Trinajstić information content (AvgIpc) is 2.87. The Morgan fingerprint density at radius 2 is 1.80 bits per heavy atom. The molecule has 3 fully saturated rings. The summed E-state index contributed by atoms with van der Waals surface area (Å²) < 4.78 is 18.8. The van der Waals surface area contributed by atoms with Crippen LogP contribution in [0.3, 0.4) is 0 Å². The van der Waals surface area contributed by atoms with Gasteiger partial charge in [-0.3, -0.25) is 4.79 Å². The second-order valence-electron chi connectivity index (χ2n) is 15.5. The number of fused-ring (bicyclic) bond motifs is 7. The van der Waals surface area contributed by atoms with E-state index in [0.717, 1.165) is 44.1 Å². The maximum atomic E-state index is 13.1. The minimum atomic E-state index is -0.586. The van der Waals surface area contributed by atoms with Crippen LogP contribution in [0.4, 0.5) is 4.39 Å². The number of phenols is 1. The van der Waals surface area contributed by atoms with Crippen molar-refractivity contribution in [1.82, 2.24) is 0 Å². The first-order chi connectivity index (χ1) is 19.0. The lowest BCUT2D eigenvalue weighted by Gasteiger charge is -2.70. The van der Waals surface area contributed by atoms with Gasteiger partial charge in [0.2, 0.25) is 5.91 Å². The maximum Gasteiger partial charge on any atom is 0.217 e. The molecule has 0 aliphatic heterocycles. The van der Waals surface area contributed by atoms with Crippen molar-refractivity contribution in [3.63, 3.8) is 0 Å². The summed E-state index contributed by atoms with van der Waals surface area (Å²) >= 11 is 1.95. The highest BCUT2D eigenvalue weighted by atomic mass is 32.2. The van der Waals surface area contributed by atoms with E-state index in [0.29, 0.717) is 23.3 Å². The van der Waals surface area contributed by atoms with Gasteiger partial charge in [-0.2, -0.15) is 0 Å². The molecule has 0 heterocycles. The van der Waals surface area contributed by atoms with E-state index in [1.54, 1.807) is 0 Å². The Bertz CT molecular complexity index is 1260. The number of benzene rings is 1. The molecule has 0 radical (unpaired) electrons. The highest BCUT2D eigenvalue weighted by Crippen LogP contribution is 2.75. The molecule has 3 saturated carbocycles. The van der Waals surface area contributed by atoms with E-state index >= 15 is 0 Å². The number of aromatic hydroxyl groups is 1. The van der Waals surface area contributed by atoms with E-state index in [-0.39, 0.29) is 50.6 Å². The van der Waals surface area contributed by atoms with Crippen LogP contribution in [0.2, 0.25) is 0 Å². The molecule has 1 aromatic rings. The molecular formula is C35H52FNO3S. The van der Waals surface area contributed by atoms with E-state index < -0.39 is 6.67 Å². The van der Waals surface area contributed by atoms with Crippen LogP contribution >= 0.6 is 11.8 Å². The van der Waals surface area contributed by atoms with Crippen LogP contribution in [-0.4, -0.2) is 29.5 Å². The lowest BCUT2D eigenvalue weighted by Crippen LogP contribution is -2.62. The molecule has 0 saturated heterocycles. The van der Waals surface area contributed by atoms with Crippen LogP contribution in [-0.2, 0) is 10.2 Å². The predicted octanol–water partition coefficient (Wildman–Crippen LogP) is 8.72. The average molecular weight is 586 g/mol. The fourth-order valence-corrected chi connectivity index (χ4v) is 11.3. The molecule has 6 heteroatoms. The number of halogens is 1. The fourth-order valence-electron chi connectivity index (χ4n) is 10.1. The van der Waals surface area contributed by atoms with E-state index in [4.69, 9.17) is 10.5 Å². The molecule has 7 atom stereocenters. The molecule has 0 bridgehead atoms. The Labute approximate surface area is 251 Å². The lowest BCUT2D eigenvalue weighted by atomic mass is 9.34. The number of alkyl halides is 1. The monoisotopic (exact) mass is 585 g/mol. The van der Waals surface area contributed by atoms with Crippen molar-refractivity contribution in [3.05, 3.63) is 34.4 Å². The quantitative estimate of drug-likeness (QED) is 0.314. The molecular weight excluding hydrogens is 533 g/mol. The van der Waals surface area contributed by atoms with Gasteiger partial charge in [-0.15, -0.1) is 11.8 Å². The summed E-state index contributed by atoms with van der Waals surface area (Å²) in [5.74, 6) is 0.880. The molecule has 1 unspecified atom stereocenters. The Hall–Kier alpha value is -1.69. The van der Waals surface area contributed by atoms with Crippen molar-refractivity contribution in [2.24, 2.45) is 33.3 Å². The summed E-state index contributed by atoms with van der Waals surface area (Å²) in [4.78, 5) is 12.1. The number of hydrogen-bond donors (Lipinski definition) is 2. The first kappa shape index (κ1) is 30.8. The topological polar surface area (TPSA) is 72.6 Å². The molecule has 4 aliphatic rings. The molecule has 4 aliphatic carbocycles. The van der Waals surface area contributed by atoms with Crippen molar-refractivity contribution in [1.29, 1.82) is 0 Å². The van der Waals surface area contributed by atoms with Crippen molar-refractivity contribution < 1.29 is 19.0 Å². The Morgan fingerprint density at radius 3 is 2.44 bits per heavy atom. The first-order valence-corrected chi connectivity index (χ1v) is 16.7. The first-order valence-electron chi connectivity index (χ1n) is 15.8. The smallest absolute Gasteiger partial charge is 0.217 e. The Morgan fingerprint density at radius 1 is 1.12 bits per heavy atom. The van der Waals surface area contributed by atoms with Gasteiger partial charge < -0.3 is 15.6 Å². The fraction of sp³-hybridized carbons (Fsp3) is 0.743. The minimum Gasteiger partial charge on any atom is -0.504 e. The minimum absolute atomic E-state index is 0.00441. The summed E-state index contributed by atoms with van der Waals surface area (Å²) in [5, 5.41) is 11.8. The van der Waals surface area contributed by atoms with E-state index in [2.05, 4.69) is 54.5 Å². The summed E-state index contributed by atoms with van der Waals surface area (Å²) in [6, 6.07) is 1.94. The third-order valence-corrected chi connectivity index (χ3v) is 13.7. The van der Waals surface area contributed by atoms with Gasteiger partial charge in [0.1, 0.15) is 13.3 Å². The number of rotatable bonds is 7. The van der Waals surface area contributed by atoms with Gasteiger partial charge in [0.15, 0.2) is 11.5 Å². The third-order valence-electron chi connectivity index (χ3n) is 12.5. The van der Waals surface area contributed by atoms with Gasteiger partial charge >= 0.3 is 0 Å². The van der Waals surface area contributed by atoms with Gasteiger partial charge in [0, 0.05) is 17.1 Å². The van der Waals surface area contributed by atoms with Crippen molar-refractivity contribution in [2.45, 2.75) is 123 Å². The Balaban J connectivity index is 1.65. The SMILES string of the molecule is Cc1c(OCCF)c(O)cc2c1C(SC(C)C)C=C1[C@@]2(C)CC[C@@]2(C)[C@@H]3C[C@](C)(CC(N)=O)CC[C@]3(C)CC[C@]12C. The van der Waals surface area contributed by atoms with Gasteiger partial charge in [-0.25, -0.2) is 4.39 Å². The summed E-state index contributed by atoms with van der Waals surface area (Å²) in [6.07, 6.45) is 10.8. The van der Waals surface area contributed by atoms with Crippen molar-refractivity contribution >= 4 is 17.7 Å². The lowest BCUT2D eigenvalue weighted by molar-refractivity contribution is -0.161. The third kappa shape index (κ3) is 4.64. The normalized spacial score (nSPS) is 39.7. The number of hydrogen-bond acceptors (Lipinski definition) is 4. The van der Waals surface area contributed by atoms with Gasteiger partial charge in [0.05, 0.1) is 0 Å². The highest BCUT2D eigenvalue weighted by Gasteiger charge is 2.66. The number of ether oxygens (including phenoxy) is 1. The number of primary amides is 1. The molecule has 5 rings (SSSR count). The van der Waals surface area contributed by atoms with E-state index in [1.165, 1.54) is 23.1 Å². The van der Waals surface area contributed by atoms with Crippen molar-refractivity contribution in [3.8, 4) is 11.5 Å². The van der Waals surface area contributed by atoms with Crippen LogP contribution in [0.1, 0.15) is 122 Å². The van der Waals surface area contributed by atoms with Gasteiger partial charge in [-0.05, 0) is 107 Å². The summed E-state index contributed by atoms with van der Waals surface area (Å²) in [5.41, 5.74) is 10.8. The van der Waals surface area contributed by atoms with Gasteiger partial charge in [0.25, 0.3) is 0 Å². The molecule has 0 aromatic heterocycles. The number of nitrogens with two attached hydrogens (primary N) is 1. The van der Waals surface area contributed by atoms with E-state index in [1.807, 2.05) is 24.8 Å². The zero-order valence-corrected chi connectivity index (χ0v) is 27.4. The zero-order valence-electron chi connectivity index (χ0n) is 26.6. The molecule has 228 valence electrons. The molecule has 1 amide bonds. The second kappa shape index (κ2) is 10.2. The standard InChI is InChI=1S/C35H52FNO3S/c1-21(2)41-25-18-26-33(6,23-17-24(38)30(40-16-15-36)22(3)29(23)25)12-14-35(8)27-19-31(4,20-28(37)39)9-10-32(27,5)11-13-34(26,35)7/h17-18,21,25,27,38H,9-16,19-20H2,1-8H3,(H2,37,39)/t25?,27-,31-,32-,33+,34-,35+/m1/s1. The van der Waals surface area contributed by atoms with Crippen LogP contribution < -0.4 is 10.5 Å². The molecule has 1 aromatic carbocycles. The predicted molar refractivity (Wildman–Crippen MR) is 167 cm³/mol. The second-order valence-corrected chi connectivity index (χ2v) is 17.2. The van der Waals surface area contributed by atoms with Gasteiger partial charge in [-0.1, -0.05) is 60.1 Å². The highest BCUT2D eigenvalue weighted by molar-refractivity contribution is 8.00. The van der Waals surface area contributed by atoms with Crippen molar-refractivity contribution in [2.75, 3.05) is 13.3 Å². The van der Waals surface area contributed by atoms with Crippen LogP contribution in [0, 0.1) is 34.5 Å². The molecule has 0 spiro atoms. The molecule has 41 heavy (non-hydrogen) atoms. The number of amides is 1. The van der Waals surface area contributed by atoms with E-state index in [9.17, 15) is 14.3 Å². The van der Waals surface area contributed by atoms with Crippen LogP contribution in [0.5, 0.6) is 11.5 Å². The molecule has 3 N–H and O–H groups in total. The largest absolute Gasteiger partial charge is 0.504 e. The van der Waals surface area contributed by atoms with Crippen LogP contribution in [0.15, 0.2) is 17.7 Å². The number of allylic oxidation sites excluding steroid dienone is 1. The summed E-state index contributed by atoms with van der Waals surface area (Å²) in [7, 11) is 0. The summed E-state index contributed by atoms with van der Waals surface area (Å²) in [6.45, 7) is 18.2. The number of carbonyl (C=O) groups excluding carboxylic acids is 1. The van der Waals surface area contributed by atoms with Crippen LogP contribution in [0.25, 0.3) is 0 Å². The number of phenolic OH excluding ortho intramolecular Hbond substituents is 1. The maximum absolute atomic E-state index is 13.1.